The maximum Gasteiger partial charge on any atom is 0.322 e. The number of aliphatic carboxylic acids is 1. The zero-order valence-electron chi connectivity index (χ0n) is 15.5. The molecular weight excluding hydrogens is 464 g/mol. The Kier molecular flexibility index (Phi) is 5.29. The number of carbonyl (C=O) groups is 2. The molecule has 0 aliphatic rings. The summed E-state index contributed by atoms with van der Waals surface area (Å²) in [7, 11) is -3.78. The third kappa shape index (κ3) is 3.69. The van der Waals surface area contributed by atoms with E-state index < -0.39 is 39.7 Å². The van der Waals surface area contributed by atoms with Gasteiger partial charge in [0.05, 0.1) is 14.5 Å². The van der Waals surface area contributed by atoms with Crippen molar-refractivity contribution in [3.05, 3.63) is 59.4 Å². The van der Waals surface area contributed by atoms with Crippen LogP contribution in [0.25, 0.3) is 20.2 Å². The molecule has 0 atom stereocenters. The molecule has 4 aromatic rings. The van der Waals surface area contributed by atoms with Crippen LogP contribution in [-0.4, -0.2) is 42.0 Å². The van der Waals surface area contributed by atoms with Gasteiger partial charge in [0.25, 0.3) is 5.91 Å². The minimum Gasteiger partial charge on any atom is -0.504 e. The Hall–Kier alpha value is -3.21. The summed E-state index contributed by atoms with van der Waals surface area (Å²) < 4.78 is 26.8. The average Bonchev–Trinajstić information content (AvgIpc) is 3.15. The summed E-state index contributed by atoms with van der Waals surface area (Å²) in [6, 6.07) is 12.5. The molecule has 3 N–H and O–H groups in total. The van der Waals surface area contributed by atoms with Crippen molar-refractivity contribution in [3.8, 4) is 5.75 Å². The number of benzene rings is 2. The van der Waals surface area contributed by atoms with E-state index in [1.54, 1.807) is 24.3 Å². The predicted molar refractivity (Wildman–Crippen MR) is 116 cm³/mol. The van der Waals surface area contributed by atoms with E-state index in [2.05, 4.69) is 10.3 Å². The Morgan fingerprint density at radius 2 is 1.81 bits per heavy atom. The first kappa shape index (κ1) is 21.0. The number of halogens is 1. The van der Waals surface area contributed by atoms with E-state index in [1.807, 2.05) is 0 Å². The number of hydrogen-bond donors (Lipinski definition) is 3. The highest BCUT2D eigenvalue weighted by Crippen LogP contribution is 2.44. The molecule has 11 heteroatoms. The average molecular weight is 477 g/mol. The van der Waals surface area contributed by atoms with E-state index >= 15 is 0 Å². The number of carbonyl (C=O) groups excluding carboxylic acids is 1. The summed E-state index contributed by atoms with van der Waals surface area (Å²) >= 11 is 7.39. The summed E-state index contributed by atoms with van der Waals surface area (Å²) in [4.78, 5) is 27.0. The highest BCUT2D eigenvalue weighted by Gasteiger charge is 2.24. The number of fused-ring (bicyclic) bond motifs is 3. The molecule has 2 heterocycles. The zero-order chi connectivity index (χ0) is 22.3. The minimum absolute atomic E-state index is 0.0461. The molecule has 1 amide bonds. The number of nitrogens with one attached hydrogen (secondary N) is 1. The molecule has 0 radical (unpaired) electrons. The summed E-state index contributed by atoms with van der Waals surface area (Å²) in [6.45, 7) is -0.650. The number of hydrogen-bond acceptors (Lipinski definition) is 7. The monoisotopic (exact) mass is 476 g/mol. The molecule has 0 spiro atoms. The first-order chi connectivity index (χ1) is 14.7. The normalized spacial score (nSPS) is 11.6. The Balaban J connectivity index is 1.88. The van der Waals surface area contributed by atoms with Crippen LogP contribution < -0.4 is 5.32 Å². The van der Waals surface area contributed by atoms with E-state index in [-0.39, 0.29) is 19.6 Å². The first-order valence-electron chi connectivity index (χ1n) is 8.75. The third-order valence-electron chi connectivity index (χ3n) is 4.49. The fourth-order valence-corrected chi connectivity index (χ4v) is 5.84. The van der Waals surface area contributed by atoms with Crippen LogP contribution in [0.3, 0.4) is 0 Å². The van der Waals surface area contributed by atoms with Gasteiger partial charge in [0.1, 0.15) is 11.7 Å². The van der Waals surface area contributed by atoms with Gasteiger partial charge in [-0.2, -0.15) is 0 Å². The molecule has 158 valence electrons. The number of rotatable bonds is 5. The van der Waals surface area contributed by atoms with Gasteiger partial charge in [0.2, 0.25) is 9.84 Å². The van der Waals surface area contributed by atoms with Gasteiger partial charge in [-0.05, 0) is 30.3 Å². The van der Waals surface area contributed by atoms with Crippen LogP contribution in [0, 0.1) is 0 Å². The Bertz CT molecular complexity index is 1470. The Labute approximate surface area is 184 Å². The molecular formula is C20H13ClN2O6S2. The van der Waals surface area contributed by atoms with Crippen molar-refractivity contribution in [1.82, 2.24) is 10.3 Å². The van der Waals surface area contributed by atoms with E-state index in [1.165, 1.54) is 24.3 Å². The summed E-state index contributed by atoms with van der Waals surface area (Å²) in [6.07, 6.45) is 0. The van der Waals surface area contributed by atoms with E-state index in [0.29, 0.717) is 15.5 Å². The van der Waals surface area contributed by atoms with Crippen molar-refractivity contribution in [2.24, 2.45) is 0 Å². The van der Waals surface area contributed by atoms with Crippen LogP contribution in [0.5, 0.6) is 5.75 Å². The topological polar surface area (TPSA) is 134 Å². The lowest BCUT2D eigenvalue weighted by molar-refractivity contribution is -0.135. The van der Waals surface area contributed by atoms with Gasteiger partial charge < -0.3 is 15.5 Å². The lowest BCUT2D eigenvalue weighted by atomic mass is 10.1. The molecule has 0 aliphatic heterocycles. The van der Waals surface area contributed by atoms with E-state index in [4.69, 9.17) is 16.7 Å². The Morgan fingerprint density at radius 3 is 2.48 bits per heavy atom. The van der Waals surface area contributed by atoms with E-state index in [0.717, 1.165) is 11.3 Å². The molecule has 31 heavy (non-hydrogen) atoms. The van der Waals surface area contributed by atoms with Gasteiger partial charge in [-0.15, -0.1) is 11.3 Å². The highest BCUT2D eigenvalue weighted by molar-refractivity contribution is 7.91. The van der Waals surface area contributed by atoms with Crippen LogP contribution in [-0.2, 0) is 14.6 Å². The SMILES string of the molecule is O=C(O)CNC(=O)c1nc(Cl)c2c(sc3ccc(S(=O)(=O)c4ccccc4)cc32)c1O. The predicted octanol–water partition coefficient (Wildman–Crippen LogP) is 3.46. The fourth-order valence-electron chi connectivity index (χ4n) is 3.06. The zero-order valence-corrected chi connectivity index (χ0v) is 17.9. The number of thiophene rings is 1. The number of pyridine rings is 1. The summed E-state index contributed by atoms with van der Waals surface area (Å²) in [5.74, 6) is -2.61. The number of carboxylic acids is 1. The second-order valence-corrected chi connectivity index (χ2v) is 9.82. The molecule has 0 saturated heterocycles. The number of aromatic nitrogens is 1. The lowest BCUT2D eigenvalue weighted by Gasteiger charge is -2.07. The van der Waals surface area contributed by atoms with Gasteiger partial charge in [0.15, 0.2) is 11.4 Å². The molecule has 4 rings (SSSR count). The van der Waals surface area contributed by atoms with Crippen molar-refractivity contribution in [2.75, 3.05) is 6.54 Å². The molecule has 2 aromatic carbocycles. The van der Waals surface area contributed by atoms with Gasteiger partial charge in [-0.3, -0.25) is 9.59 Å². The summed E-state index contributed by atoms with van der Waals surface area (Å²) in [5, 5.41) is 22.1. The second kappa shape index (κ2) is 7.80. The minimum atomic E-state index is -3.78. The molecule has 2 aromatic heterocycles. The summed E-state index contributed by atoms with van der Waals surface area (Å²) in [5.41, 5.74) is -0.414. The fraction of sp³-hybridized carbons (Fsp3) is 0.0500. The van der Waals surface area contributed by atoms with E-state index in [9.17, 15) is 23.1 Å². The van der Waals surface area contributed by atoms with Gasteiger partial charge in [-0.1, -0.05) is 29.8 Å². The van der Waals surface area contributed by atoms with Crippen LogP contribution >= 0.6 is 22.9 Å². The number of aromatic hydroxyl groups is 1. The van der Waals surface area contributed by atoms with Gasteiger partial charge in [-0.25, -0.2) is 13.4 Å². The molecule has 0 aliphatic carbocycles. The van der Waals surface area contributed by atoms with Crippen molar-refractivity contribution in [1.29, 1.82) is 0 Å². The molecule has 0 saturated carbocycles. The highest BCUT2D eigenvalue weighted by atomic mass is 35.5. The van der Waals surface area contributed by atoms with Crippen LogP contribution in [0.15, 0.2) is 58.3 Å². The van der Waals surface area contributed by atoms with Gasteiger partial charge >= 0.3 is 5.97 Å². The van der Waals surface area contributed by atoms with Crippen molar-refractivity contribution >= 4 is 64.8 Å². The molecule has 0 unspecified atom stereocenters. The maximum atomic E-state index is 13.0. The van der Waals surface area contributed by atoms with Crippen molar-refractivity contribution < 1.29 is 28.2 Å². The number of sulfone groups is 1. The first-order valence-corrected chi connectivity index (χ1v) is 11.4. The number of nitrogens with zero attached hydrogens (tertiary/aromatic N) is 1. The maximum absolute atomic E-state index is 13.0. The smallest absolute Gasteiger partial charge is 0.322 e. The molecule has 0 fully saturated rings. The number of amides is 1. The largest absolute Gasteiger partial charge is 0.504 e. The van der Waals surface area contributed by atoms with Crippen molar-refractivity contribution in [3.63, 3.8) is 0 Å². The molecule has 8 nitrogen and oxygen atoms in total. The standard InChI is InChI=1S/C20H13ClN2O6S2/c21-19-15-12-8-11(31(28,29)10-4-2-1-3-5-10)6-7-13(12)30-18(15)17(26)16(23-19)20(27)22-9-14(24)25/h1-8,26H,9H2,(H,22,27)(H,24,25). The second-order valence-electron chi connectivity index (χ2n) is 6.46. The quantitative estimate of drug-likeness (QED) is 0.375. The third-order valence-corrected chi connectivity index (χ3v) is 7.71. The molecule has 0 bridgehead atoms. The van der Waals surface area contributed by atoms with Crippen LogP contribution in [0.2, 0.25) is 5.15 Å². The van der Waals surface area contributed by atoms with Crippen LogP contribution in [0.4, 0.5) is 0 Å². The van der Waals surface area contributed by atoms with Crippen molar-refractivity contribution in [2.45, 2.75) is 9.79 Å². The van der Waals surface area contributed by atoms with Crippen LogP contribution in [0.1, 0.15) is 10.5 Å². The lowest BCUT2D eigenvalue weighted by Crippen LogP contribution is -2.30. The number of carboxylic acid groups (broad SMARTS) is 1. The Morgan fingerprint density at radius 1 is 1.10 bits per heavy atom. The van der Waals surface area contributed by atoms with Gasteiger partial charge in [0, 0.05) is 15.5 Å².